The molecule has 3 heteroatoms. The molecule has 2 rings (SSSR count). The highest BCUT2D eigenvalue weighted by Gasteiger charge is 2.29. The second kappa shape index (κ2) is 4.42. The third kappa shape index (κ3) is 2.05. The number of hydrogen-bond acceptors (Lipinski definition) is 1. The number of rotatable bonds is 2. The lowest BCUT2D eigenvalue weighted by atomic mass is 10.1. The van der Waals surface area contributed by atoms with E-state index in [0.717, 1.165) is 22.3 Å². The molecule has 1 fully saturated rings. The molecule has 0 spiro atoms. The Morgan fingerprint density at radius 1 is 1.56 bits per heavy atom. The molecule has 0 aliphatic carbocycles. The molecule has 0 saturated carbocycles. The Balaban J connectivity index is 2.34. The van der Waals surface area contributed by atoms with E-state index in [9.17, 15) is 4.79 Å². The molecule has 0 aromatic heterocycles. The molecule has 1 saturated heterocycles. The number of benzene rings is 1. The summed E-state index contributed by atoms with van der Waals surface area (Å²) in [6.45, 7) is 6.53. The Morgan fingerprint density at radius 3 is 2.94 bits per heavy atom. The summed E-state index contributed by atoms with van der Waals surface area (Å²) < 4.78 is 1.00. The van der Waals surface area contributed by atoms with Crippen LogP contribution in [0.15, 0.2) is 35.3 Å². The van der Waals surface area contributed by atoms with E-state index < -0.39 is 0 Å². The minimum atomic E-state index is 0.186. The van der Waals surface area contributed by atoms with Gasteiger partial charge >= 0.3 is 0 Å². The van der Waals surface area contributed by atoms with Gasteiger partial charge in [-0.05, 0) is 24.6 Å². The van der Waals surface area contributed by atoms with Crippen LogP contribution < -0.4 is 4.90 Å². The zero-order chi connectivity index (χ0) is 11.7. The van der Waals surface area contributed by atoms with Crippen molar-refractivity contribution >= 4 is 27.5 Å². The molecular formula is C13H14BrNO. The topological polar surface area (TPSA) is 20.3 Å². The van der Waals surface area contributed by atoms with Gasteiger partial charge in [0.15, 0.2) is 0 Å². The highest BCUT2D eigenvalue weighted by atomic mass is 79.9. The predicted molar refractivity (Wildman–Crippen MR) is 69.5 cm³/mol. The van der Waals surface area contributed by atoms with Crippen LogP contribution in [0.5, 0.6) is 0 Å². The lowest BCUT2D eigenvalue weighted by Gasteiger charge is -2.19. The van der Waals surface area contributed by atoms with Crippen molar-refractivity contribution in [2.75, 3.05) is 11.4 Å². The number of amides is 1. The van der Waals surface area contributed by atoms with Crippen LogP contribution in [0, 0.1) is 12.8 Å². The van der Waals surface area contributed by atoms with E-state index in [-0.39, 0.29) is 11.8 Å². The molecule has 1 heterocycles. The third-order valence-corrected chi connectivity index (χ3v) is 3.44. The number of nitrogens with zero attached hydrogens (tertiary/aromatic N) is 1. The van der Waals surface area contributed by atoms with E-state index in [4.69, 9.17) is 0 Å². The van der Waals surface area contributed by atoms with Crippen molar-refractivity contribution in [1.29, 1.82) is 0 Å². The van der Waals surface area contributed by atoms with Crippen molar-refractivity contribution in [1.82, 2.24) is 0 Å². The van der Waals surface area contributed by atoms with Gasteiger partial charge in [0.2, 0.25) is 5.91 Å². The van der Waals surface area contributed by atoms with Crippen molar-refractivity contribution in [3.05, 3.63) is 40.9 Å². The van der Waals surface area contributed by atoms with Gasteiger partial charge in [-0.1, -0.05) is 28.1 Å². The Labute approximate surface area is 104 Å². The van der Waals surface area contributed by atoms with Crippen LogP contribution in [-0.4, -0.2) is 12.5 Å². The second-order valence-electron chi connectivity index (χ2n) is 4.14. The molecule has 1 amide bonds. The van der Waals surface area contributed by atoms with Gasteiger partial charge in [0, 0.05) is 29.0 Å². The molecule has 16 heavy (non-hydrogen) atoms. The van der Waals surface area contributed by atoms with Gasteiger partial charge in [-0.15, -0.1) is 6.58 Å². The van der Waals surface area contributed by atoms with Crippen molar-refractivity contribution in [3.63, 3.8) is 0 Å². The molecule has 0 radical (unpaired) electrons. The average Bonchev–Trinajstić information content (AvgIpc) is 2.63. The molecule has 1 unspecified atom stereocenters. The summed E-state index contributed by atoms with van der Waals surface area (Å²) in [5, 5.41) is 0. The average molecular weight is 280 g/mol. The molecule has 1 aromatic rings. The Hall–Kier alpha value is -1.09. The van der Waals surface area contributed by atoms with Gasteiger partial charge in [-0.25, -0.2) is 0 Å². The highest BCUT2D eigenvalue weighted by molar-refractivity contribution is 9.10. The third-order valence-electron chi connectivity index (χ3n) is 2.95. The van der Waals surface area contributed by atoms with Gasteiger partial charge < -0.3 is 4.90 Å². The van der Waals surface area contributed by atoms with Crippen molar-refractivity contribution < 1.29 is 4.79 Å². The van der Waals surface area contributed by atoms with E-state index in [0.29, 0.717) is 6.42 Å². The summed E-state index contributed by atoms with van der Waals surface area (Å²) in [5.74, 6) is 0.469. The van der Waals surface area contributed by atoms with E-state index >= 15 is 0 Å². The van der Waals surface area contributed by atoms with Crippen molar-refractivity contribution in [2.24, 2.45) is 5.92 Å². The van der Waals surface area contributed by atoms with Crippen LogP contribution in [0.3, 0.4) is 0 Å². The summed E-state index contributed by atoms with van der Waals surface area (Å²) in [7, 11) is 0. The molecule has 1 atom stereocenters. The monoisotopic (exact) mass is 279 g/mol. The number of aryl methyl sites for hydroxylation is 1. The largest absolute Gasteiger partial charge is 0.312 e. The number of anilines is 1. The van der Waals surface area contributed by atoms with Gasteiger partial charge in [-0.3, -0.25) is 4.79 Å². The standard InChI is InChI=1S/C13H14BrNO/c1-3-10-6-13(16)15(8-10)12-7-11(14)5-4-9(12)2/h3-5,7,10H,1,6,8H2,2H3. The first kappa shape index (κ1) is 11.4. The van der Waals surface area contributed by atoms with Crippen LogP contribution in [-0.2, 0) is 4.79 Å². The predicted octanol–water partition coefficient (Wildman–Crippen LogP) is 3.30. The van der Waals surface area contributed by atoms with Crippen molar-refractivity contribution in [3.8, 4) is 0 Å². The molecule has 84 valence electrons. The fourth-order valence-corrected chi connectivity index (χ4v) is 2.35. The lowest BCUT2D eigenvalue weighted by molar-refractivity contribution is -0.117. The lowest BCUT2D eigenvalue weighted by Crippen LogP contribution is -2.25. The molecule has 1 aromatic carbocycles. The fourth-order valence-electron chi connectivity index (χ4n) is 2.00. The van der Waals surface area contributed by atoms with E-state index in [1.54, 1.807) is 0 Å². The second-order valence-corrected chi connectivity index (χ2v) is 5.05. The van der Waals surface area contributed by atoms with E-state index in [1.807, 2.05) is 36.1 Å². The smallest absolute Gasteiger partial charge is 0.227 e. The fraction of sp³-hybridized carbons (Fsp3) is 0.308. The number of carbonyl (C=O) groups is 1. The molecule has 0 N–H and O–H groups in total. The number of carbonyl (C=O) groups excluding carboxylic acids is 1. The quantitative estimate of drug-likeness (QED) is 0.761. The van der Waals surface area contributed by atoms with Gasteiger partial charge in [-0.2, -0.15) is 0 Å². The first-order chi connectivity index (χ1) is 7.61. The molecule has 1 aliphatic rings. The maximum absolute atomic E-state index is 11.9. The Morgan fingerprint density at radius 2 is 2.31 bits per heavy atom. The molecular weight excluding hydrogens is 266 g/mol. The first-order valence-corrected chi connectivity index (χ1v) is 6.10. The summed E-state index contributed by atoms with van der Waals surface area (Å²) in [6, 6.07) is 6.01. The molecule has 0 bridgehead atoms. The maximum atomic E-state index is 11.9. The summed E-state index contributed by atoms with van der Waals surface area (Å²) in [5.41, 5.74) is 2.13. The van der Waals surface area contributed by atoms with E-state index in [2.05, 4.69) is 22.5 Å². The van der Waals surface area contributed by atoms with Gasteiger partial charge in [0.25, 0.3) is 0 Å². The zero-order valence-electron chi connectivity index (χ0n) is 9.24. The summed E-state index contributed by atoms with van der Waals surface area (Å²) in [4.78, 5) is 13.7. The minimum Gasteiger partial charge on any atom is -0.312 e. The van der Waals surface area contributed by atoms with Crippen LogP contribution in [0.25, 0.3) is 0 Å². The first-order valence-electron chi connectivity index (χ1n) is 5.31. The summed E-state index contributed by atoms with van der Waals surface area (Å²) in [6.07, 6.45) is 2.45. The zero-order valence-corrected chi connectivity index (χ0v) is 10.8. The van der Waals surface area contributed by atoms with Crippen LogP contribution >= 0.6 is 15.9 Å². The molecule has 1 aliphatic heterocycles. The maximum Gasteiger partial charge on any atom is 0.227 e. The Bertz CT molecular complexity index is 442. The SMILES string of the molecule is C=CC1CC(=O)N(c2cc(Br)ccc2C)C1. The van der Waals surface area contributed by atoms with Crippen LogP contribution in [0.4, 0.5) is 5.69 Å². The number of halogens is 1. The minimum absolute atomic E-state index is 0.186. The normalized spacial score (nSPS) is 20.2. The highest BCUT2D eigenvalue weighted by Crippen LogP contribution is 2.30. The molecule has 2 nitrogen and oxygen atoms in total. The van der Waals surface area contributed by atoms with Gasteiger partial charge in [0.1, 0.15) is 0 Å². The summed E-state index contributed by atoms with van der Waals surface area (Å²) >= 11 is 3.44. The number of hydrogen-bond donors (Lipinski definition) is 0. The van der Waals surface area contributed by atoms with Crippen LogP contribution in [0.2, 0.25) is 0 Å². The van der Waals surface area contributed by atoms with Crippen molar-refractivity contribution in [2.45, 2.75) is 13.3 Å². The Kier molecular flexibility index (Phi) is 3.15. The van der Waals surface area contributed by atoms with Crippen LogP contribution in [0.1, 0.15) is 12.0 Å². The van der Waals surface area contributed by atoms with E-state index in [1.165, 1.54) is 0 Å². The van der Waals surface area contributed by atoms with Gasteiger partial charge in [0.05, 0.1) is 0 Å².